The van der Waals surface area contributed by atoms with E-state index in [-0.39, 0.29) is 17.7 Å². The molecule has 28 heavy (non-hydrogen) atoms. The number of amides is 1. The molecule has 0 aliphatic rings. The number of anilines is 2. The Morgan fingerprint density at radius 3 is 2.89 bits per heavy atom. The number of rotatable bonds is 5. The van der Waals surface area contributed by atoms with Crippen LogP contribution in [0.15, 0.2) is 40.8 Å². The lowest BCUT2D eigenvalue weighted by atomic mass is 10.3. The van der Waals surface area contributed by atoms with E-state index in [1.165, 1.54) is 10.8 Å². The molecular formula is C20H17N5O2S. The minimum absolute atomic E-state index is 0.00580. The van der Waals surface area contributed by atoms with Gasteiger partial charge in [-0.05, 0) is 25.1 Å². The molecule has 0 bridgehead atoms. The van der Waals surface area contributed by atoms with Crippen LogP contribution in [-0.2, 0) is 11.3 Å². The van der Waals surface area contributed by atoms with Gasteiger partial charge in [0, 0.05) is 24.1 Å². The van der Waals surface area contributed by atoms with E-state index < -0.39 is 5.91 Å². The van der Waals surface area contributed by atoms with Crippen LogP contribution in [0.4, 0.5) is 11.4 Å². The number of terminal acetylenes is 1. The van der Waals surface area contributed by atoms with Crippen molar-refractivity contribution in [3.8, 4) is 18.4 Å². The summed E-state index contributed by atoms with van der Waals surface area (Å²) in [6.07, 6.45) is 6.59. The van der Waals surface area contributed by atoms with E-state index in [2.05, 4.69) is 28.0 Å². The molecule has 2 rings (SSSR count). The van der Waals surface area contributed by atoms with Crippen LogP contribution >= 0.6 is 11.3 Å². The molecule has 4 N–H and O–H groups in total. The first-order valence-electron chi connectivity index (χ1n) is 8.19. The van der Waals surface area contributed by atoms with Gasteiger partial charge >= 0.3 is 0 Å². The molecule has 1 aromatic heterocycles. The SMILES string of the molecule is C#CCNC(=O)C(=C=c1sc(=C=CNc2cccc(N)c2)c(=O)n1CC)C#N. The summed E-state index contributed by atoms with van der Waals surface area (Å²) in [6.45, 7) is 2.13. The molecule has 0 saturated heterocycles. The van der Waals surface area contributed by atoms with Gasteiger partial charge < -0.3 is 16.4 Å². The number of aromatic nitrogens is 1. The third kappa shape index (κ3) is 5.04. The molecule has 8 heteroatoms. The monoisotopic (exact) mass is 391 g/mol. The van der Waals surface area contributed by atoms with Gasteiger partial charge in [-0.15, -0.1) is 6.42 Å². The number of hydrogen-bond donors (Lipinski definition) is 3. The largest absolute Gasteiger partial charge is 0.399 e. The zero-order valence-electron chi connectivity index (χ0n) is 15.1. The fraction of sp³-hybridized carbons (Fsp3) is 0.150. The average Bonchev–Trinajstić information content (AvgIpc) is 2.98. The van der Waals surface area contributed by atoms with Gasteiger partial charge in [-0.3, -0.25) is 14.2 Å². The Bertz CT molecular complexity index is 1230. The van der Waals surface area contributed by atoms with Crippen molar-refractivity contribution < 1.29 is 4.79 Å². The minimum atomic E-state index is -0.645. The molecule has 2 aromatic rings. The van der Waals surface area contributed by atoms with Crippen molar-refractivity contribution in [3.63, 3.8) is 0 Å². The van der Waals surface area contributed by atoms with Gasteiger partial charge in [0.25, 0.3) is 11.5 Å². The highest BCUT2D eigenvalue weighted by molar-refractivity contribution is 7.07. The Morgan fingerprint density at radius 1 is 1.46 bits per heavy atom. The van der Waals surface area contributed by atoms with Crippen molar-refractivity contribution >= 4 is 40.1 Å². The van der Waals surface area contributed by atoms with Crippen LogP contribution in [0.2, 0.25) is 0 Å². The molecule has 0 spiro atoms. The summed E-state index contributed by atoms with van der Waals surface area (Å²) >= 11 is 1.07. The predicted octanol–water partition coefficient (Wildman–Crippen LogP) is 0.0959. The molecule has 1 aromatic carbocycles. The fourth-order valence-corrected chi connectivity index (χ4v) is 3.14. The average molecular weight is 391 g/mol. The number of nitrogens with one attached hydrogen (secondary N) is 2. The zero-order valence-corrected chi connectivity index (χ0v) is 15.9. The van der Waals surface area contributed by atoms with E-state index in [0.717, 1.165) is 17.0 Å². The molecule has 0 aliphatic heterocycles. The topological polar surface area (TPSA) is 113 Å². The van der Waals surface area contributed by atoms with E-state index in [1.54, 1.807) is 31.2 Å². The number of nitriles is 1. The molecule has 1 heterocycles. The maximum absolute atomic E-state index is 12.5. The molecular weight excluding hydrogens is 374 g/mol. The number of nitrogens with two attached hydrogens (primary N) is 1. The third-order valence-electron chi connectivity index (χ3n) is 3.45. The van der Waals surface area contributed by atoms with Gasteiger partial charge in [-0.25, -0.2) is 0 Å². The van der Waals surface area contributed by atoms with Gasteiger partial charge in [-0.1, -0.05) is 34.8 Å². The van der Waals surface area contributed by atoms with Crippen molar-refractivity contribution in [3.05, 3.63) is 55.6 Å². The first-order chi connectivity index (χ1) is 13.5. The van der Waals surface area contributed by atoms with E-state index in [1.807, 2.05) is 6.07 Å². The van der Waals surface area contributed by atoms with E-state index in [4.69, 9.17) is 12.2 Å². The standard InChI is InChI=1S/C20H17N5O2S/c1-3-9-24-19(26)14(13-21)11-18-25(4-2)20(27)17(28-18)8-10-23-16-7-5-6-15(22)12-16/h1,5-7,10,12,23H,4,9,22H2,2H3,(H,24,26). The fourth-order valence-electron chi connectivity index (χ4n) is 2.16. The molecule has 7 nitrogen and oxygen atoms in total. The van der Waals surface area contributed by atoms with Crippen molar-refractivity contribution in [2.24, 2.45) is 0 Å². The van der Waals surface area contributed by atoms with Gasteiger partial charge in [-0.2, -0.15) is 5.26 Å². The van der Waals surface area contributed by atoms with Gasteiger partial charge in [0.1, 0.15) is 15.3 Å². The van der Waals surface area contributed by atoms with Crippen molar-refractivity contribution in [2.45, 2.75) is 13.5 Å². The second-order valence-corrected chi connectivity index (χ2v) is 6.34. The van der Waals surface area contributed by atoms with Crippen LogP contribution in [0.1, 0.15) is 6.92 Å². The zero-order chi connectivity index (χ0) is 20.5. The van der Waals surface area contributed by atoms with Crippen molar-refractivity contribution in [2.75, 3.05) is 17.6 Å². The highest BCUT2D eigenvalue weighted by atomic mass is 32.1. The Balaban J connectivity index is 2.55. The van der Waals surface area contributed by atoms with Crippen molar-refractivity contribution in [1.82, 2.24) is 9.88 Å². The molecule has 0 atom stereocenters. The van der Waals surface area contributed by atoms with Gasteiger partial charge in [0.2, 0.25) is 0 Å². The lowest BCUT2D eigenvalue weighted by Crippen LogP contribution is -2.30. The van der Waals surface area contributed by atoms with Gasteiger partial charge in [0.05, 0.1) is 6.54 Å². The summed E-state index contributed by atoms with van der Waals surface area (Å²) in [6, 6.07) is 8.90. The summed E-state index contributed by atoms with van der Waals surface area (Å²) in [4.78, 5) is 24.4. The highest BCUT2D eigenvalue weighted by Gasteiger charge is 2.08. The molecule has 0 radical (unpaired) electrons. The normalized spacial score (nSPS) is 9.25. The minimum Gasteiger partial charge on any atom is -0.399 e. The molecule has 1 amide bonds. The van der Waals surface area contributed by atoms with Crippen LogP contribution in [0.3, 0.4) is 0 Å². The second kappa shape index (κ2) is 9.68. The summed E-state index contributed by atoms with van der Waals surface area (Å²) in [5, 5.41) is 14.6. The first kappa shape index (κ1) is 20.4. The number of hydrogen-bond acceptors (Lipinski definition) is 6. The number of nitrogen functional groups attached to an aromatic ring is 1. The van der Waals surface area contributed by atoms with E-state index in [9.17, 15) is 14.9 Å². The Labute approximate surface area is 165 Å². The van der Waals surface area contributed by atoms with Crippen LogP contribution in [0.5, 0.6) is 0 Å². The quantitative estimate of drug-likeness (QED) is 0.290. The van der Waals surface area contributed by atoms with E-state index in [0.29, 0.717) is 21.4 Å². The molecule has 0 fully saturated rings. The predicted molar refractivity (Wildman–Crippen MR) is 110 cm³/mol. The third-order valence-corrected chi connectivity index (χ3v) is 4.46. The summed E-state index contributed by atoms with van der Waals surface area (Å²) in [5.41, 5.74) is 12.1. The molecule has 0 aliphatic carbocycles. The number of benzene rings is 1. The number of thiazole rings is 1. The highest BCUT2D eigenvalue weighted by Crippen LogP contribution is 2.11. The molecule has 140 valence electrons. The van der Waals surface area contributed by atoms with E-state index >= 15 is 0 Å². The lowest BCUT2D eigenvalue weighted by Gasteiger charge is -1.99. The summed E-state index contributed by atoms with van der Waals surface area (Å²) in [5.74, 6) is 1.61. The summed E-state index contributed by atoms with van der Waals surface area (Å²) < 4.78 is 2.06. The Hall–Kier alpha value is -3.93. The molecule has 0 saturated carbocycles. The number of carbonyl (C=O) groups excluding carboxylic acids is 1. The smallest absolute Gasteiger partial charge is 0.277 e. The van der Waals surface area contributed by atoms with Crippen LogP contribution < -0.4 is 31.1 Å². The molecule has 0 unspecified atom stereocenters. The Kier molecular flexibility index (Phi) is 7.05. The maximum Gasteiger partial charge on any atom is 0.277 e. The maximum atomic E-state index is 12.5. The number of nitrogens with zero attached hydrogens (tertiary/aromatic N) is 2. The first-order valence-corrected chi connectivity index (χ1v) is 9.01. The van der Waals surface area contributed by atoms with Crippen LogP contribution in [0, 0.1) is 23.7 Å². The van der Waals surface area contributed by atoms with Crippen LogP contribution in [-0.4, -0.2) is 17.0 Å². The lowest BCUT2D eigenvalue weighted by molar-refractivity contribution is -0.116. The van der Waals surface area contributed by atoms with Crippen molar-refractivity contribution in [1.29, 1.82) is 5.26 Å². The number of carbonyl (C=O) groups is 1. The second-order valence-electron chi connectivity index (χ2n) is 5.34. The Morgan fingerprint density at radius 2 is 2.25 bits per heavy atom. The summed E-state index contributed by atoms with van der Waals surface area (Å²) in [7, 11) is 0. The van der Waals surface area contributed by atoms with Gasteiger partial charge in [0.15, 0.2) is 5.57 Å². The van der Waals surface area contributed by atoms with Crippen LogP contribution in [0.25, 0.3) is 11.5 Å².